The summed E-state index contributed by atoms with van der Waals surface area (Å²) in [5.41, 5.74) is 3.21. The maximum absolute atomic E-state index is 5.85. The number of ether oxygens (including phenoxy) is 1. The van der Waals surface area contributed by atoms with Gasteiger partial charge in [-0.3, -0.25) is 4.98 Å². The lowest BCUT2D eigenvalue weighted by atomic mass is 10.2. The Morgan fingerprint density at radius 2 is 2.06 bits per heavy atom. The molecule has 0 saturated carbocycles. The van der Waals surface area contributed by atoms with E-state index in [9.17, 15) is 0 Å². The topological polar surface area (TPSA) is 22.1 Å². The summed E-state index contributed by atoms with van der Waals surface area (Å²) < 4.78 is 5.74. The number of para-hydroxylation sites is 1. The molecule has 2 rings (SSSR count). The lowest BCUT2D eigenvalue weighted by Crippen LogP contribution is -1.98. The molecule has 0 atom stereocenters. The summed E-state index contributed by atoms with van der Waals surface area (Å²) in [4.78, 5) is 4.13. The predicted octanol–water partition coefficient (Wildman–Crippen LogP) is 3.71. The highest BCUT2D eigenvalue weighted by Gasteiger charge is 2.02. The molecule has 0 fully saturated rings. The average molecular weight is 248 g/mol. The van der Waals surface area contributed by atoms with Crippen molar-refractivity contribution in [3.05, 3.63) is 59.4 Å². The minimum Gasteiger partial charge on any atom is -0.489 e. The number of benzene rings is 1. The molecule has 2 aromatic rings. The van der Waals surface area contributed by atoms with E-state index in [1.54, 1.807) is 0 Å². The smallest absolute Gasteiger partial charge is 0.124 e. The molecule has 0 spiro atoms. The minimum absolute atomic E-state index is 0.461. The molecule has 17 heavy (non-hydrogen) atoms. The van der Waals surface area contributed by atoms with Crippen LogP contribution in [0.1, 0.15) is 16.7 Å². The Morgan fingerprint density at radius 3 is 2.82 bits per heavy atom. The summed E-state index contributed by atoms with van der Waals surface area (Å²) in [6.45, 7) is 2.53. The van der Waals surface area contributed by atoms with Gasteiger partial charge in [0.2, 0.25) is 0 Å². The number of aromatic nitrogens is 1. The van der Waals surface area contributed by atoms with Crippen LogP contribution in [0.4, 0.5) is 0 Å². The van der Waals surface area contributed by atoms with Gasteiger partial charge in [-0.1, -0.05) is 18.2 Å². The number of alkyl halides is 1. The molecule has 0 bridgehead atoms. The van der Waals surface area contributed by atoms with Crippen molar-refractivity contribution in [2.45, 2.75) is 19.4 Å². The van der Waals surface area contributed by atoms with E-state index in [2.05, 4.69) is 11.1 Å². The van der Waals surface area contributed by atoms with Crippen LogP contribution in [0.25, 0.3) is 0 Å². The number of hydrogen-bond donors (Lipinski definition) is 0. The molecule has 0 N–H and O–H groups in total. The molecule has 0 radical (unpaired) electrons. The summed E-state index contributed by atoms with van der Waals surface area (Å²) in [6, 6.07) is 9.87. The normalized spacial score (nSPS) is 10.2. The fourth-order valence-electron chi connectivity index (χ4n) is 1.61. The van der Waals surface area contributed by atoms with Crippen molar-refractivity contribution >= 4 is 11.6 Å². The molecule has 1 heterocycles. The van der Waals surface area contributed by atoms with Crippen LogP contribution in [0.15, 0.2) is 42.7 Å². The first-order valence-electron chi connectivity index (χ1n) is 5.47. The van der Waals surface area contributed by atoms with E-state index < -0.39 is 0 Å². The van der Waals surface area contributed by atoms with E-state index in [0.717, 1.165) is 22.4 Å². The van der Waals surface area contributed by atoms with Crippen LogP contribution in [-0.2, 0) is 12.5 Å². The van der Waals surface area contributed by atoms with Gasteiger partial charge in [0, 0.05) is 23.5 Å². The molecule has 88 valence electrons. The van der Waals surface area contributed by atoms with Crippen molar-refractivity contribution in [1.82, 2.24) is 4.98 Å². The molecule has 1 aromatic heterocycles. The van der Waals surface area contributed by atoms with Gasteiger partial charge < -0.3 is 4.74 Å². The quantitative estimate of drug-likeness (QED) is 0.769. The Balaban J connectivity index is 2.07. The molecular weight excluding hydrogens is 234 g/mol. The summed E-state index contributed by atoms with van der Waals surface area (Å²) in [5, 5.41) is 0. The van der Waals surface area contributed by atoms with Crippen molar-refractivity contribution in [3.63, 3.8) is 0 Å². The van der Waals surface area contributed by atoms with Crippen molar-refractivity contribution in [2.75, 3.05) is 0 Å². The first kappa shape index (κ1) is 11.9. The maximum atomic E-state index is 5.85. The minimum atomic E-state index is 0.461. The zero-order valence-electron chi connectivity index (χ0n) is 9.69. The molecule has 1 aromatic carbocycles. The standard InChI is InChI=1S/C14H14ClNO/c1-11-6-12(9-16-8-11)10-17-14-5-3-2-4-13(14)7-15/h2-6,8-9H,7,10H2,1H3. The van der Waals surface area contributed by atoms with Crippen LogP contribution in [0, 0.1) is 6.92 Å². The van der Waals surface area contributed by atoms with Gasteiger partial charge in [0.05, 0.1) is 5.88 Å². The molecule has 0 unspecified atom stereocenters. The Hall–Kier alpha value is -1.54. The van der Waals surface area contributed by atoms with E-state index in [0.29, 0.717) is 12.5 Å². The van der Waals surface area contributed by atoms with Crippen molar-refractivity contribution < 1.29 is 4.74 Å². The lowest BCUT2D eigenvalue weighted by Gasteiger charge is -2.09. The zero-order chi connectivity index (χ0) is 12.1. The lowest BCUT2D eigenvalue weighted by molar-refractivity contribution is 0.303. The molecule has 0 amide bonds. The Kier molecular flexibility index (Phi) is 3.99. The first-order chi connectivity index (χ1) is 8.29. The Morgan fingerprint density at radius 1 is 1.24 bits per heavy atom. The van der Waals surface area contributed by atoms with Gasteiger partial charge in [-0.25, -0.2) is 0 Å². The molecular formula is C14H14ClNO. The van der Waals surface area contributed by atoms with Gasteiger partial charge in [0.1, 0.15) is 12.4 Å². The van der Waals surface area contributed by atoms with Gasteiger partial charge in [-0.15, -0.1) is 11.6 Å². The molecule has 0 aliphatic heterocycles. The predicted molar refractivity (Wildman–Crippen MR) is 69.3 cm³/mol. The van der Waals surface area contributed by atoms with Gasteiger partial charge in [0.15, 0.2) is 0 Å². The highest BCUT2D eigenvalue weighted by molar-refractivity contribution is 6.17. The van der Waals surface area contributed by atoms with Crippen LogP contribution in [0.3, 0.4) is 0 Å². The third-order valence-corrected chi connectivity index (χ3v) is 2.73. The first-order valence-corrected chi connectivity index (χ1v) is 6.00. The SMILES string of the molecule is Cc1cncc(COc2ccccc2CCl)c1. The molecule has 2 nitrogen and oxygen atoms in total. The van der Waals surface area contributed by atoms with E-state index >= 15 is 0 Å². The Bertz CT molecular complexity index is 499. The number of aryl methyl sites for hydroxylation is 1. The highest BCUT2D eigenvalue weighted by atomic mass is 35.5. The maximum Gasteiger partial charge on any atom is 0.124 e. The molecule has 0 saturated heterocycles. The molecule has 3 heteroatoms. The van der Waals surface area contributed by atoms with Crippen molar-refractivity contribution in [1.29, 1.82) is 0 Å². The van der Waals surface area contributed by atoms with Crippen LogP contribution in [-0.4, -0.2) is 4.98 Å². The Labute approximate surface area is 106 Å². The van der Waals surface area contributed by atoms with Crippen LogP contribution in [0.2, 0.25) is 0 Å². The number of hydrogen-bond acceptors (Lipinski definition) is 2. The molecule has 0 aliphatic carbocycles. The summed E-state index contributed by atoms with van der Waals surface area (Å²) >= 11 is 5.85. The molecule has 0 aliphatic rings. The second-order valence-corrected chi connectivity index (χ2v) is 4.17. The van der Waals surface area contributed by atoms with Crippen LogP contribution < -0.4 is 4.74 Å². The van der Waals surface area contributed by atoms with Gasteiger partial charge in [-0.05, 0) is 24.6 Å². The number of nitrogens with zero attached hydrogens (tertiary/aromatic N) is 1. The number of rotatable bonds is 4. The summed E-state index contributed by atoms with van der Waals surface area (Å²) in [6.07, 6.45) is 3.65. The van der Waals surface area contributed by atoms with Crippen LogP contribution >= 0.6 is 11.6 Å². The van der Waals surface area contributed by atoms with E-state index in [1.807, 2.05) is 43.6 Å². The van der Waals surface area contributed by atoms with Crippen molar-refractivity contribution in [2.24, 2.45) is 0 Å². The highest BCUT2D eigenvalue weighted by Crippen LogP contribution is 2.20. The van der Waals surface area contributed by atoms with E-state index in [4.69, 9.17) is 16.3 Å². The van der Waals surface area contributed by atoms with Gasteiger partial charge >= 0.3 is 0 Å². The van der Waals surface area contributed by atoms with E-state index in [1.165, 1.54) is 0 Å². The van der Waals surface area contributed by atoms with Crippen LogP contribution in [0.5, 0.6) is 5.75 Å². The summed E-state index contributed by atoms with van der Waals surface area (Å²) in [7, 11) is 0. The van der Waals surface area contributed by atoms with Crippen molar-refractivity contribution in [3.8, 4) is 5.75 Å². The second kappa shape index (κ2) is 5.69. The van der Waals surface area contributed by atoms with E-state index in [-0.39, 0.29) is 0 Å². The monoisotopic (exact) mass is 247 g/mol. The fraction of sp³-hybridized carbons (Fsp3) is 0.214. The number of halogens is 1. The second-order valence-electron chi connectivity index (χ2n) is 3.90. The third kappa shape index (κ3) is 3.21. The van der Waals surface area contributed by atoms with Gasteiger partial charge in [-0.2, -0.15) is 0 Å². The average Bonchev–Trinajstić information content (AvgIpc) is 2.37. The largest absolute Gasteiger partial charge is 0.489 e. The summed E-state index contributed by atoms with van der Waals surface area (Å²) in [5.74, 6) is 1.30. The number of pyridine rings is 1. The fourth-order valence-corrected chi connectivity index (χ4v) is 1.83. The third-order valence-electron chi connectivity index (χ3n) is 2.44. The van der Waals surface area contributed by atoms with Gasteiger partial charge in [0.25, 0.3) is 0 Å². The zero-order valence-corrected chi connectivity index (χ0v) is 10.4.